The third kappa shape index (κ3) is 7.16. The van der Waals surface area contributed by atoms with E-state index < -0.39 is 0 Å². The molecule has 0 saturated carbocycles. The number of hydrogen-bond donors (Lipinski definition) is 1. The van der Waals surface area contributed by atoms with Crippen molar-refractivity contribution in [1.82, 2.24) is 0 Å². The third-order valence-corrected chi connectivity index (χ3v) is 2.86. The number of aliphatic hydroxyl groups excluding tert-OH is 1. The molecule has 0 atom stereocenters. The molecule has 0 radical (unpaired) electrons. The summed E-state index contributed by atoms with van der Waals surface area (Å²) in [5, 5.41) is 9.01. The average molecular weight is 242 g/mol. The smallest absolute Gasteiger partial charge is 0.333 e. The standard InChI is InChI=1S/C14H26O3/c1-4-6-7-8-9-13(10-11-15)12(3)14(16)17-5-2/h15H,4-11H2,1-3H3. The molecule has 0 aliphatic heterocycles. The Kier molecular flexibility index (Phi) is 9.83. The van der Waals surface area contributed by atoms with Crippen molar-refractivity contribution in [3.8, 4) is 0 Å². The van der Waals surface area contributed by atoms with Crippen LogP contribution in [0.2, 0.25) is 0 Å². The maximum Gasteiger partial charge on any atom is 0.333 e. The highest BCUT2D eigenvalue weighted by molar-refractivity contribution is 5.88. The molecule has 0 amide bonds. The summed E-state index contributed by atoms with van der Waals surface area (Å²) in [5.74, 6) is -0.244. The van der Waals surface area contributed by atoms with Crippen molar-refractivity contribution in [2.24, 2.45) is 0 Å². The van der Waals surface area contributed by atoms with Crippen LogP contribution in [0.5, 0.6) is 0 Å². The minimum Gasteiger partial charge on any atom is -0.463 e. The Labute approximate surface area is 105 Å². The van der Waals surface area contributed by atoms with E-state index in [-0.39, 0.29) is 12.6 Å². The van der Waals surface area contributed by atoms with Gasteiger partial charge < -0.3 is 9.84 Å². The molecule has 0 aromatic heterocycles. The SMILES string of the molecule is CCCCCCC(CCO)=C(C)C(=O)OCC. The van der Waals surface area contributed by atoms with Crippen LogP contribution in [-0.4, -0.2) is 24.3 Å². The topological polar surface area (TPSA) is 46.5 Å². The maximum absolute atomic E-state index is 11.6. The molecule has 1 N–H and O–H groups in total. The van der Waals surface area contributed by atoms with Crippen LogP contribution in [-0.2, 0) is 9.53 Å². The second-order valence-corrected chi connectivity index (χ2v) is 4.23. The zero-order chi connectivity index (χ0) is 13.1. The van der Waals surface area contributed by atoms with Crippen LogP contribution in [0.1, 0.15) is 59.3 Å². The zero-order valence-corrected chi connectivity index (χ0v) is 11.4. The van der Waals surface area contributed by atoms with Gasteiger partial charge >= 0.3 is 5.97 Å². The Morgan fingerprint density at radius 2 is 1.82 bits per heavy atom. The molecule has 0 aliphatic carbocycles. The van der Waals surface area contributed by atoms with E-state index in [4.69, 9.17) is 9.84 Å². The number of ether oxygens (including phenoxy) is 1. The van der Waals surface area contributed by atoms with Crippen molar-refractivity contribution in [3.63, 3.8) is 0 Å². The largest absolute Gasteiger partial charge is 0.463 e. The molecule has 0 spiro atoms. The van der Waals surface area contributed by atoms with Crippen molar-refractivity contribution >= 4 is 5.97 Å². The summed E-state index contributed by atoms with van der Waals surface area (Å²) >= 11 is 0. The first kappa shape index (κ1) is 16.2. The van der Waals surface area contributed by atoms with Crippen LogP contribution in [0.3, 0.4) is 0 Å². The lowest BCUT2D eigenvalue weighted by Gasteiger charge is -2.10. The molecule has 0 fully saturated rings. The summed E-state index contributed by atoms with van der Waals surface area (Å²) in [6.07, 6.45) is 6.17. The molecule has 17 heavy (non-hydrogen) atoms. The van der Waals surface area contributed by atoms with Gasteiger partial charge in [0, 0.05) is 12.2 Å². The maximum atomic E-state index is 11.6. The van der Waals surface area contributed by atoms with Crippen LogP contribution in [0, 0.1) is 0 Å². The highest BCUT2D eigenvalue weighted by atomic mass is 16.5. The molecule has 0 unspecified atom stereocenters. The van der Waals surface area contributed by atoms with E-state index in [1.54, 1.807) is 13.8 Å². The Bertz CT molecular complexity index is 244. The van der Waals surface area contributed by atoms with E-state index in [0.29, 0.717) is 18.6 Å². The zero-order valence-electron chi connectivity index (χ0n) is 11.4. The van der Waals surface area contributed by atoms with Crippen molar-refractivity contribution in [2.75, 3.05) is 13.2 Å². The van der Waals surface area contributed by atoms with E-state index in [9.17, 15) is 4.79 Å². The Hall–Kier alpha value is -0.830. The fraction of sp³-hybridized carbons (Fsp3) is 0.786. The second-order valence-electron chi connectivity index (χ2n) is 4.23. The van der Waals surface area contributed by atoms with E-state index in [0.717, 1.165) is 18.4 Å². The predicted molar refractivity (Wildman–Crippen MR) is 69.8 cm³/mol. The summed E-state index contributed by atoms with van der Waals surface area (Å²) < 4.78 is 4.98. The first-order chi connectivity index (χ1) is 8.17. The summed E-state index contributed by atoms with van der Waals surface area (Å²) in [7, 11) is 0. The van der Waals surface area contributed by atoms with Crippen molar-refractivity contribution in [1.29, 1.82) is 0 Å². The molecular weight excluding hydrogens is 216 g/mol. The minimum atomic E-state index is -0.244. The molecule has 0 aliphatic rings. The number of carbonyl (C=O) groups is 1. The lowest BCUT2D eigenvalue weighted by Crippen LogP contribution is -2.08. The number of rotatable bonds is 9. The normalized spacial score (nSPS) is 12.2. The van der Waals surface area contributed by atoms with Gasteiger partial charge in [0.1, 0.15) is 0 Å². The van der Waals surface area contributed by atoms with Gasteiger partial charge in [-0.15, -0.1) is 0 Å². The molecule has 0 saturated heterocycles. The predicted octanol–water partition coefficient (Wildman–Crippen LogP) is 3.22. The number of aliphatic hydroxyl groups is 1. The van der Waals surface area contributed by atoms with E-state index in [2.05, 4.69) is 6.92 Å². The van der Waals surface area contributed by atoms with Gasteiger partial charge in [-0.25, -0.2) is 4.79 Å². The lowest BCUT2D eigenvalue weighted by atomic mass is 9.99. The first-order valence-electron chi connectivity index (χ1n) is 6.63. The monoisotopic (exact) mass is 242 g/mol. The molecule has 0 rings (SSSR count). The average Bonchev–Trinajstić information content (AvgIpc) is 2.32. The summed E-state index contributed by atoms with van der Waals surface area (Å²) in [6, 6.07) is 0. The number of carbonyl (C=O) groups excluding carboxylic acids is 1. The van der Waals surface area contributed by atoms with Gasteiger partial charge in [-0.2, -0.15) is 0 Å². The molecule has 0 heterocycles. The Morgan fingerprint density at radius 1 is 1.12 bits per heavy atom. The molecule has 0 bridgehead atoms. The third-order valence-electron chi connectivity index (χ3n) is 2.86. The van der Waals surface area contributed by atoms with Crippen LogP contribution in [0.15, 0.2) is 11.1 Å². The van der Waals surface area contributed by atoms with Crippen LogP contribution in [0.4, 0.5) is 0 Å². The minimum absolute atomic E-state index is 0.0971. The highest BCUT2D eigenvalue weighted by Gasteiger charge is 2.11. The molecule has 0 aromatic rings. The summed E-state index contributed by atoms with van der Waals surface area (Å²) in [4.78, 5) is 11.6. The number of esters is 1. The Morgan fingerprint density at radius 3 is 2.35 bits per heavy atom. The lowest BCUT2D eigenvalue weighted by molar-refractivity contribution is -0.138. The molecule has 3 heteroatoms. The summed E-state index contributed by atoms with van der Waals surface area (Å²) in [5.41, 5.74) is 1.72. The second kappa shape index (κ2) is 10.3. The van der Waals surface area contributed by atoms with Crippen LogP contribution < -0.4 is 0 Å². The first-order valence-corrected chi connectivity index (χ1v) is 6.63. The van der Waals surface area contributed by atoms with Crippen molar-refractivity contribution in [3.05, 3.63) is 11.1 Å². The van der Waals surface area contributed by atoms with Gasteiger partial charge in [0.05, 0.1) is 6.61 Å². The van der Waals surface area contributed by atoms with E-state index in [1.807, 2.05) is 0 Å². The molecule has 3 nitrogen and oxygen atoms in total. The summed E-state index contributed by atoms with van der Waals surface area (Å²) in [6.45, 7) is 6.27. The van der Waals surface area contributed by atoms with Crippen molar-refractivity contribution < 1.29 is 14.6 Å². The van der Waals surface area contributed by atoms with Gasteiger partial charge in [0.25, 0.3) is 0 Å². The fourth-order valence-electron chi connectivity index (χ4n) is 1.78. The Balaban J connectivity index is 4.35. The van der Waals surface area contributed by atoms with Gasteiger partial charge in [0.2, 0.25) is 0 Å². The van der Waals surface area contributed by atoms with E-state index >= 15 is 0 Å². The fourth-order valence-corrected chi connectivity index (χ4v) is 1.78. The highest BCUT2D eigenvalue weighted by Crippen LogP contribution is 2.18. The number of hydrogen-bond acceptors (Lipinski definition) is 3. The van der Waals surface area contributed by atoms with Gasteiger partial charge in [-0.05, 0) is 33.1 Å². The van der Waals surface area contributed by atoms with Crippen molar-refractivity contribution in [2.45, 2.75) is 59.3 Å². The quantitative estimate of drug-likeness (QED) is 0.383. The van der Waals surface area contributed by atoms with Gasteiger partial charge in [-0.1, -0.05) is 31.8 Å². The van der Waals surface area contributed by atoms with Crippen LogP contribution >= 0.6 is 0 Å². The van der Waals surface area contributed by atoms with Crippen LogP contribution in [0.25, 0.3) is 0 Å². The number of unbranched alkanes of at least 4 members (excludes halogenated alkanes) is 3. The van der Waals surface area contributed by atoms with Gasteiger partial charge in [0.15, 0.2) is 0 Å². The molecular formula is C14H26O3. The van der Waals surface area contributed by atoms with Gasteiger partial charge in [-0.3, -0.25) is 0 Å². The molecule has 0 aromatic carbocycles. The van der Waals surface area contributed by atoms with E-state index in [1.165, 1.54) is 19.3 Å². The molecule has 100 valence electrons.